The lowest BCUT2D eigenvalue weighted by Crippen LogP contribution is -2.38. The zero-order valence-corrected chi connectivity index (χ0v) is 12.3. The largest absolute Gasteiger partial charge is 0.355 e. The van der Waals surface area contributed by atoms with Crippen LogP contribution in [0, 0.1) is 0 Å². The Kier molecular flexibility index (Phi) is 5.07. The van der Waals surface area contributed by atoms with Gasteiger partial charge in [0, 0.05) is 16.2 Å². The standard InChI is InChI=1S/C11H16N2O4S2/c1-7(2)9-5-3-8(18-9)4-6-10(14)13-19(16,17)11(12)15/h3,5,7H,4,6H2,1-2H3,(H2,12,15)(H,13,14). The summed E-state index contributed by atoms with van der Waals surface area (Å²) in [6, 6.07) is 3.90. The van der Waals surface area contributed by atoms with Gasteiger partial charge in [-0.25, -0.2) is 4.72 Å². The lowest BCUT2D eigenvalue weighted by Gasteiger charge is -2.02. The number of nitrogens with two attached hydrogens (primary N) is 1. The summed E-state index contributed by atoms with van der Waals surface area (Å²) < 4.78 is 23.7. The van der Waals surface area contributed by atoms with Gasteiger partial charge >= 0.3 is 15.3 Å². The molecule has 0 saturated carbocycles. The predicted octanol–water partition coefficient (Wildman–Crippen LogP) is 1.33. The molecule has 1 heterocycles. The fraction of sp³-hybridized carbons (Fsp3) is 0.455. The number of thiophene rings is 1. The van der Waals surface area contributed by atoms with Crippen molar-refractivity contribution in [3.05, 3.63) is 21.9 Å². The molecule has 0 aliphatic carbocycles. The number of carbonyl (C=O) groups excluding carboxylic acids is 2. The Morgan fingerprint density at radius 1 is 1.37 bits per heavy atom. The highest BCUT2D eigenvalue weighted by atomic mass is 32.2. The van der Waals surface area contributed by atoms with Crippen LogP contribution in [-0.4, -0.2) is 19.6 Å². The summed E-state index contributed by atoms with van der Waals surface area (Å²) in [5.41, 5.74) is 4.62. The third-order valence-corrected chi connectivity index (χ3v) is 4.83. The Morgan fingerprint density at radius 3 is 2.47 bits per heavy atom. The van der Waals surface area contributed by atoms with E-state index in [2.05, 4.69) is 19.6 Å². The van der Waals surface area contributed by atoms with E-state index in [1.807, 2.05) is 12.1 Å². The van der Waals surface area contributed by atoms with Gasteiger partial charge in [0.2, 0.25) is 5.91 Å². The van der Waals surface area contributed by atoms with E-state index in [1.54, 1.807) is 16.1 Å². The molecule has 0 unspecified atom stereocenters. The van der Waals surface area contributed by atoms with E-state index in [0.717, 1.165) is 4.88 Å². The number of carbonyl (C=O) groups is 2. The molecule has 1 rings (SSSR count). The molecule has 0 aromatic carbocycles. The van der Waals surface area contributed by atoms with Crippen molar-refractivity contribution in [1.82, 2.24) is 4.72 Å². The van der Waals surface area contributed by atoms with Crippen molar-refractivity contribution in [3.8, 4) is 0 Å². The molecule has 6 nitrogen and oxygen atoms in total. The lowest BCUT2D eigenvalue weighted by molar-refractivity contribution is -0.119. The predicted molar refractivity (Wildman–Crippen MR) is 73.4 cm³/mol. The van der Waals surface area contributed by atoms with E-state index in [0.29, 0.717) is 12.3 Å². The number of amides is 2. The van der Waals surface area contributed by atoms with Crippen molar-refractivity contribution in [3.63, 3.8) is 0 Å². The van der Waals surface area contributed by atoms with E-state index in [1.165, 1.54) is 4.88 Å². The zero-order valence-electron chi connectivity index (χ0n) is 10.7. The first-order valence-corrected chi connectivity index (χ1v) is 7.96. The molecule has 0 fully saturated rings. The van der Waals surface area contributed by atoms with Gasteiger partial charge < -0.3 is 5.73 Å². The van der Waals surface area contributed by atoms with Crippen LogP contribution in [0.15, 0.2) is 12.1 Å². The summed E-state index contributed by atoms with van der Waals surface area (Å²) >= 11 is 1.59. The van der Waals surface area contributed by atoms with Crippen molar-refractivity contribution >= 4 is 32.5 Å². The van der Waals surface area contributed by atoms with Gasteiger partial charge in [-0.3, -0.25) is 9.59 Å². The summed E-state index contributed by atoms with van der Waals surface area (Å²) in [6.07, 6.45) is 0.419. The van der Waals surface area contributed by atoms with Crippen LogP contribution in [0.25, 0.3) is 0 Å². The van der Waals surface area contributed by atoms with E-state index < -0.39 is 21.2 Å². The maximum atomic E-state index is 11.4. The minimum absolute atomic E-state index is 0.00937. The molecular weight excluding hydrogens is 288 g/mol. The van der Waals surface area contributed by atoms with E-state index >= 15 is 0 Å². The third kappa shape index (κ3) is 4.64. The molecule has 3 N–H and O–H groups in total. The molecule has 8 heteroatoms. The highest BCUT2D eigenvalue weighted by molar-refractivity contribution is 8.04. The molecule has 0 spiro atoms. The number of nitrogens with one attached hydrogen (secondary N) is 1. The quantitative estimate of drug-likeness (QED) is 0.875. The van der Waals surface area contributed by atoms with Gasteiger partial charge in [-0.2, -0.15) is 8.42 Å². The second-order valence-corrected chi connectivity index (χ2v) is 7.12. The van der Waals surface area contributed by atoms with Crippen LogP contribution in [-0.2, 0) is 21.2 Å². The number of primary amides is 1. The van der Waals surface area contributed by atoms with Crippen molar-refractivity contribution in [2.24, 2.45) is 5.73 Å². The van der Waals surface area contributed by atoms with Crippen LogP contribution < -0.4 is 10.5 Å². The minimum atomic E-state index is -4.37. The van der Waals surface area contributed by atoms with Crippen molar-refractivity contribution in [2.75, 3.05) is 0 Å². The molecule has 1 aromatic rings. The number of hydrogen-bond donors (Lipinski definition) is 2. The maximum absolute atomic E-state index is 11.4. The number of sulfonamides is 1. The van der Waals surface area contributed by atoms with Crippen LogP contribution >= 0.6 is 11.3 Å². The molecule has 0 aliphatic rings. The van der Waals surface area contributed by atoms with E-state index in [9.17, 15) is 18.0 Å². The Labute approximate surface area is 116 Å². The van der Waals surface area contributed by atoms with Gasteiger partial charge in [-0.05, 0) is 24.5 Å². The normalized spacial score (nSPS) is 11.5. The van der Waals surface area contributed by atoms with Gasteiger partial charge in [0.1, 0.15) is 0 Å². The first-order valence-electron chi connectivity index (χ1n) is 5.66. The molecular formula is C11H16N2O4S2. The molecule has 0 atom stereocenters. The average molecular weight is 304 g/mol. The van der Waals surface area contributed by atoms with Gasteiger partial charge in [0.25, 0.3) is 0 Å². The number of hydrogen-bond acceptors (Lipinski definition) is 5. The molecule has 0 radical (unpaired) electrons. The summed E-state index contributed by atoms with van der Waals surface area (Å²) in [5, 5.41) is -1.56. The molecule has 1 aromatic heterocycles. The summed E-state index contributed by atoms with van der Waals surface area (Å²) in [5.74, 6) is -0.318. The molecule has 0 bridgehead atoms. The van der Waals surface area contributed by atoms with Crippen LogP contribution in [0.1, 0.15) is 35.9 Å². The molecule has 2 amide bonds. The smallest absolute Gasteiger partial charge is 0.354 e. The number of aryl methyl sites for hydroxylation is 1. The molecule has 0 aliphatic heterocycles. The molecule has 19 heavy (non-hydrogen) atoms. The average Bonchev–Trinajstić information content (AvgIpc) is 2.74. The maximum Gasteiger partial charge on any atom is 0.354 e. The third-order valence-electron chi connectivity index (χ3n) is 2.36. The van der Waals surface area contributed by atoms with Gasteiger partial charge in [0.05, 0.1) is 0 Å². The molecule has 106 valence electrons. The topological polar surface area (TPSA) is 106 Å². The zero-order chi connectivity index (χ0) is 14.6. The Morgan fingerprint density at radius 2 is 2.00 bits per heavy atom. The van der Waals surface area contributed by atoms with Crippen molar-refractivity contribution in [1.29, 1.82) is 0 Å². The first kappa shape index (κ1) is 15.6. The SMILES string of the molecule is CC(C)c1ccc(CCC(=O)NS(=O)(=O)C(N)=O)s1. The van der Waals surface area contributed by atoms with E-state index in [-0.39, 0.29) is 6.42 Å². The van der Waals surface area contributed by atoms with Gasteiger partial charge in [-0.1, -0.05) is 13.8 Å². The van der Waals surface area contributed by atoms with Crippen LogP contribution in [0.5, 0.6) is 0 Å². The fourth-order valence-electron chi connectivity index (χ4n) is 1.33. The van der Waals surface area contributed by atoms with E-state index in [4.69, 9.17) is 0 Å². The van der Waals surface area contributed by atoms with Crippen molar-refractivity contribution < 1.29 is 18.0 Å². The minimum Gasteiger partial charge on any atom is -0.355 e. The first-order chi connectivity index (χ1) is 8.72. The summed E-state index contributed by atoms with van der Waals surface area (Å²) in [7, 11) is -4.37. The summed E-state index contributed by atoms with van der Waals surface area (Å²) in [4.78, 5) is 24.1. The van der Waals surface area contributed by atoms with Crippen LogP contribution in [0.4, 0.5) is 4.79 Å². The lowest BCUT2D eigenvalue weighted by atomic mass is 10.2. The molecule has 0 saturated heterocycles. The Bertz CT molecular complexity index is 575. The van der Waals surface area contributed by atoms with Crippen molar-refractivity contribution in [2.45, 2.75) is 32.6 Å². The fourth-order valence-corrected chi connectivity index (χ4v) is 2.84. The highest BCUT2D eigenvalue weighted by Crippen LogP contribution is 2.24. The van der Waals surface area contributed by atoms with Crippen LogP contribution in [0.3, 0.4) is 0 Å². The van der Waals surface area contributed by atoms with Crippen LogP contribution in [0.2, 0.25) is 0 Å². The monoisotopic (exact) mass is 304 g/mol. The second kappa shape index (κ2) is 6.16. The number of rotatable bonds is 4. The Hall–Kier alpha value is -1.41. The van der Waals surface area contributed by atoms with Gasteiger partial charge in [-0.15, -0.1) is 11.3 Å². The van der Waals surface area contributed by atoms with Gasteiger partial charge in [0.15, 0.2) is 0 Å². The highest BCUT2D eigenvalue weighted by Gasteiger charge is 2.20. The Balaban J connectivity index is 2.53. The summed E-state index contributed by atoms with van der Waals surface area (Å²) in [6.45, 7) is 4.14. The second-order valence-electron chi connectivity index (χ2n) is 4.31.